The third-order valence-corrected chi connectivity index (χ3v) is 5.79. The lowest BCUT2D eigenvalue weighted by Crippen LogP contribution is -2.29. The molecule has 1 atom stereocenters. The quantitative estimate of drug-likeness (QED) is 0.366. The van der Waals surface area contributed by atoms with Crippen molar-refractivity contribution in [3.63, 3.8) is 0 Å². The van der Waals surface area contributed by atoms with Gasteiger partial charge in [0.2, 0.25) is 0 Å². The summed E-state index contributed by atoms with van der Waals surface area (Å²) in [4.78, 5) is 18.2. The molecule has 1 unspecified atom stereocenters. The molecule has 34 heavy (non-hydrogen) atoms. The zero-order valence-electron chi connectivity index (χ0n) is 18.7. The van der Waals surface area contributed by atoms with Gasteiger partial charge in [0.25, 0.3) is 5.91 Å². The molecular formula is C26H23FN2O4S. The van der Waals surface area contributed by atoms with Gasteiger partial charge in [0, 0.05) is 10.9 Å². The van der Waals surface area contributed by atoms with Gasteiger partial charge in [-0.3, -0.25) is 4.79 Å². The molecule has 1 heterocycles. The molecule has 0 fully saturated rings. The number of benzene rings is 3. The second kappa shape index (κ2) is 9.61. The molecule has 0 saturated carbocycles. The topological polar surface area (TPSA) is 85.4 Å². The lowest BCUT2D eigenvalue weighted by atomic mass is 10.00. The van der Waals surface area contributed by atoms with Crippen LogP contribution in [0.3, 0.4) is 0 Å². The first-order valence-corrected chi connectivity index (χ1v) is 12.5. The standard InChI is InChI=1S/C26H23FN2O4S/c1-3-21(17-10-5-4-6-11-17)29-26(30)23-20-14-7-8-15-22(20)28-24(25(23)33-34(2,31)32)18-12-9-13-19(27)16-18/h4-16,21H,3H2,1-2H3,(H,29,30). The van der Waals surface area contributed by atoms with E-state index in [4.69, 9.17) is 4.18 Å². The second-order valence-corrected chi connectivity index (χ2v) is 9.40. The molecule has 0 spiro atoms. The number of nitrogens with one attached hydrogen (secondary N) is 1. The Hall–Kier alpha value is -3.78. The first-order valence-electron chi connectivity index (χ1n) is 10.7. The molecule has 174 valence electrons. The summed E-state index contributed by atoms with van der Waals surface area (Å²) in [6, 6.07) is 21.5. The van der Waals surface area contributed by atoms with E-state index >= 15 is 0 Å². The summed E-state index contributed by atoms with van der Waals surface area (Å²) in [5.74, 6) is -1.29. The maximum absolute atomic E-state index is 14.0. The second-order valence-electron chi connectivity index (χ2n) is 7.82. The number of fused-ring (bicyclic) bond motifs is 1. The van der Waals surface area contributed by atoms with Crippen molar-refractivity contribution in [2.45, 2.75) is 19.4 Å². The number of hydrogen-bond acceptors (Lipinski definition) is 5. The Balaban J connectivity index is 1.95. The fourth-order valence-electron chi connectivity index (χ4n) is 3.82. The van der Waals surface area contributed by atoms with Gasteiger partial charge in [0.15, 0.2) is 5.75 Å². The number of nitrogens with zero attached hydrogens (tertiary/aromatic N) is 1. The molecule has 0 aliphatic rings. The fraction of sp³-hybridized carbons (Fsp3) is 0.154. The third kappa shape index (κ3) is 5.07. The highest BCUT2D eigenvalue weighted by molar-refractivity contribution is 7.86. The van der Waals surface area contributed by atoms with Crippen molar-refractivity contribution in [2.24, 2.45) is 0 Å². The maximum atomic E-state index is 14.0. The van der Waals surface area contributed by atoms with Gasteiger partial charge in [-0.2, -0.15) is 8.42 Å². The molecule has 4 rings (SSSR count). The van der Waals surface area contributed by atoms with Crippen LogP contribution in [0, 0.1) is 5.82 Å². The maximum Gasteiger partial charge on any atom is 0.306 e. The summed E-state index contributed by atoms with van der Waals surface area (Å²) in [5, 5.41) is 3.41. The lowest BCUT2D eigenvalue weighted by Gasteiger charge is -2.21. The van der Waals surface area contributed by atoms with Crippen LogP contribution in [-0.2, 0) is 10.1 Å². The Labute approximate surface area is 197 Å². The summed E-state index contributed by atoms with van der Waals surface area (Å²) in [6.45, 7) is 1.94. The number of halogens is 1. The van der Waals surface area contributed by atoms with Crippen LogP contribution in [0.2, 0.25) is 0 Å². The number of carbonyl (C=O) groups is 1. The van der Waals surface area contributed by atoms with Gasteiger partial charge in [0.05, 0.1) is 23.4 Å². The van der Waals surface area contributed by atoms with Crippen LogP contribution in [0.1, 0.15) is 35.3 Å². The average Bonchev–Trinajstić information content (AvgIpc) is 2.81. The van der Waals surface area contributed by atoms with Crippen LogP contribution in [-0.4, -0.2) is 25.6 Å². The fourth-order valence-corrected chi connectivity index (χ4v) is 4.29. The predicted octanol–water partition coefficient (Wildman–Crippen LogP) is 5.26. The zero-order chi connectivity index (χ0) is 24.3. The van der Waals surface area contributed by atoms with E-state index in [0.29, 0.717) is 17.3 Å². The van der Waals surface area contributed by atoms with E-state index in [0.717, 1.165) is 11.8 Å². The minimum atomic E-state index is -4.04. The van der Waals surface area contributed by atoms with Crippen LogP contribution in [0.25, 0.3) is 22.2 Å². The molecule has 3 aromatic carbocycles. The van der Waals surface area contributed by atoms with Gasteiger partial charge in [-0.25, -0.2) is 9.37 Å². The highest BCUT2D eigenvalue weighted by atomic mass is 32.2. The van der Waals surface area contributed by atoms with E-state index in [1.807, 2.05) is 37.3 Å². The van der Waals surface area contributed by atoms with E-state index in [-0.39, 0.29) is 28.6 Å². The van der Waals surface area contributed by atoms with Crippen LogP contribution in [0.4, 0.5) is 4.39 Å². The lowest BCUT2D eigenvalue weighted by molar-refractivity contribution is 0.0935. The minimum absolute atomic E-state index is 0.0182. The number of rotatable bonds is 7. The molecule has 4 aromatic rings. The van der Waals surface area contributed by atoms with E-state index in [1.54, 1.807) is 30.3 Å². The van der Waals surface area contributed by atoms with Crippen LogP contribution in [0.5, 0.6) is 5.75 Å². The van der Waals surface area contributed by atoms with Crippen molar-refractivity contribution in [3.8, 4) is 17.0 Å². The number of carbonyl (C=O) groups excluding carboxylic acids is 1. The van der Waals surface area contributed by atoms with E-state index in [1.165, 1.54) is 18.2 Å². The zero-order valence-corrected chi connectivity index (χ0v) is 19.5. The Kier molecular flexibility index (Phi) is 6.61. The normalized spacial score (nSPS) is 12.3. The molecule has 0 bridgehead atoms. The minimum Gasteiger partial charge on any atom is -0.379 e. The van der Waals surface area contributed by atoms with Crippen LogP contribution < -0.4 is 9.50 Å². The summed E-state index contributed by atoms with van der Waals surface area (Å²) in [5.41, 5.74) is 1.72. The largest absolute Gasteiger partial charge is 0.379 e. The molecular weight excluding hydrogens is 455 g/mol. The monoisotopic (exact) mass is 478 g/mol. The predicted molar refractivity (Wildman–Crippen MR) is 130 cm³/mol. The summed E-state index contributed by atoms with van der Waals surface area (Å²) < 4.78 is 43.8. The molecule has 0 radical (unpaired) electrons. The van der Waals surface area contributed by atoms with Gasteiger partial charge < -0.3 is 9.50 Å². The van der Waals surface area contributed by atoms with Crippen LogP contribution >= 0.6 is 0 Å². The van der Waals surface area contributed by atoms with Gasteiger partial charge in [-0.15, -0.1) is 0 Å². The number of pyridine rings is 1. The summed E-state index contributed by atoms with van der Waals surface area (Å²) >= 11 is 0. The summed E-state index contributed by atoms with van der Waals surface area (Å²) in [6.07, 6.45) is 1.50. The van der Waals surface area contributed by atoms with Crippen molar-refractivity contribution in [2.75, 3.05) is 6.26 Å². The SMILES string of the molecule is CCC(NC(=O)c1c(OS(C)(=O)=O)c(-c2cccc(F)c2)nc2ccccc12)c1ccccc1. The van der Waals surface area contributed by atoms with Crippen molar-refractivity contribution in [1.82, 2.24) is 10.3 Å². The molecule has 1 N–H and O–H groups in total. The first-order chi connectivity index (χ1) is 16.3. The van der Waals surface area contributed by atoms with E-state index in [9.17, 15) is 17.6 Å². The number of amides is 1. The van der Waals surface area contributed by atoms with Crippen molar-refractivity contribution in [3.05, 3.63) is 95.8 Å². The molecule has 8 heteroatoms. The van der Waals surface area contributed by atoms with Crippen molar-refractivity contribution < 1.29 is 21.8 Å². The summed E-state index contributed by atoms with van der Waals surface area (Å²) in [7, 11) is -4.04. The molecule has 1 aromatic heterocycles. The average molecular weight is 479 g/mol. The van der Waals surface area contributed by atoms with E-state index < -0.39 is 21.8 Å². The smallest absolute Gasteiger partial charge is 0.306 e. The molecule has 6 nitrogen and oxygen atoms in total. The molecule has 0 aliphatic heterocycles. The molecule has 1 amide bonds. The Morgan fingerprint density at radius 1 is 1.03 bits per heavy atom. The first kappa shape index (κ1) is 23.4. The Morgan fingerprint density at radius 3 is 2.41 bits per heavy atom. The van der Waals surface area contributed by atoms with Gasteiger partial charge in [0.1, 0.15) is 11.5 Å². The highest BCUT2D eigenvalue weighted by Crippen LogP contribution is 2.37. The Morgan fingerprint density at radius 2 is 1.74 bits per heavy atom. The van der Waals surface area contributed by atoms with Crippen molar-refractivity contribution >= 4 is 26.9 Å². The van der Waals surface area contributed by atoms with Crippen molar-refractivity contribution in [1.29, 1.82) is 0 Å². The van der Waals surface area contributed by atoms with Gasteiger partial charge in [-0.1, -0.05) is 67.6 Å². The third-order valence-electron chi connectivity index (χ3n) is 5.32. The van der Waals surface area contributed by atoms with E-state index in [2.05, 4.69) is 10.3 Å². The Bertz CT molecular complexity index is 1460. The van der Waals surface area contributed by atoms with Gasteiger partial charge in [-0.05, 0) is 30.2 Å². The van der Waals surface area contributed by atoms with Gasteiger partial charge >= 0.3 is 10.1 Å². The highest BCUT2D eigenvalue weighted by Gasteiger charge is 2.27. The molecule has 0 aliphatic carbocycles. The molecule has 0 saturated heterocycles. The number of aromatic nitrogens is 1. The number of hydrogen-bond donors (Lipinski definition) is 1. The van der Waals surface area contributed by atoms with Crippen LogP contribution in [0.15, 0.2) is 78.9 Å². The number of para-hydroxylation sites is 1.